The molecule has 1 N–H and O–H groups in total. The molecule has 1 aromatic heterocycles. The topological polar surface area (TPSA) is 68.5 Å². The number of carbonyl (C=O) groups is 2. The zero-order valence-electron chi connectivity index (χ0n) is 12.1. The third-order valence-electron chi connectivity index (χ3n) is 3.03. The molecular weight excluding hydrogens is 350 g/mol. The summed E-state index contributed by atoms with van der Waals surface area (Å²) < 4.78 is 10.3. The summed E-state index contributed by atoms with van der Waals surface area (Å²) in [6.45, 7) is 2.14. The number of carbonyl (C=O) groups excluding carboxylic acids is 2. The molecule has 22 heavy (non-hydrogen) atoms. The summed E-state index contributed by atoms with van der Waals surface area (Å²) >= 11 is 3.09. The van der Waals surface area contributed by atoms with Gasteiger partial charge in [0.05, 0.1) is 0 Å². The lowest BCUT2D eigenvalue weighted by Gasteiger charge is -2.06. The van der Waals surface area contributed by atoms with Gasteiger partial charge in [-0.2, -0.15) is 0 Å². The highest BCUT2D eigenvalue weighted by molar-refractivity contribution is 9.10. The lowest BCUT2D eigenvalue weighted by molar-refractivity contribution is -0.124. The van der Waals surface area contributed by atoms with Crippen molar-refractivity contribution in [1.82, 2.24) is 5.32 Å². The maximum absolute atomic E-state index is 11.7. The van der Waals surface area contributed by atoms with Crippen molar-refractivity contribution in [2.24, 2.45) is 0 Å². The van der Waals surface area contributed by atoms with Gasteiger partial charge in [-0.15, -0.1) is 0 Å². The average Bonchev–Trinajstić information content (AvgIpc) is 2.97. The van der Waals surface area contributed by atoms with E-state index in [9.17, 15) is 9.59 Å². The van der Waals surface area contributed by atoms with Crippen LogP contribution in [0.1, 0.15) is 28.6 Å². The average molecular weight is 366 g/mol. The highest BCUT2D eigenvalue weighted by Gasteiger charge is 2.13. The molecule has 5 nitrogen and oxygen atoms in total. The SMILES string of the molecule is CCc1ccc(CNC(=O)COC(=O)c2ccc(Br)o2)cc1. The van der Waals surface area contributed by atoms with Crippen molar-refractivity contribution < 1.29 is 18.7 Å². The van der Waals surface area contributed by atoms with Gasteiger partial charge in [-0.3, -0.25) is 4.79 Å². The minimum absolute atomic E-state index is 0.0508. The molecule has 0 atom stereocenters. The van der Waals surface area contributed by atoms with E-state index in [4.69, 9.17) is 9.15 Å². The Balaban J connectivity index is 1.74. The number of furan rings is 1. The molecule has 1 aromatic carbocycles. The molecule has 0 spiro atoms. The van der Waals surface area contributed by atoms with Crippen molar-refractivity contribution in [2.45, 2.75) is 19.9 Å². The van der Waals surface area contributed by atoms with Gasteiger partial charge in [-0.1, -0.05) is 31.2 Å². The monoisotopic (exact) mass is 365 g/mol. The smallest absolute Gasteiger partial charge is 0.374 e. The summed E-state index contributed by atoms with van der Waals surface area (Å²) in [6, 6.07) is 11.0. The van der Waals surface area contributed by atoms with Crippen LogP contribution in [0.3, 0.4) is 0 Å². The van der Waals surface area contributed by atoms with Gasteiger partial charge in [0.1, 0.15) is 0 Å². The normalized spacial score (nSPS) is 10.3. The molecule has 6 heteroatoms. The molecule has 0 radical (unpaired) electrons. The maximum atomic E-state index is 11.7. The highest BCUT2D eigenvalue weighted by atomic mass is 79.9. The standard InChI is InChI=1S/C16H16BrNO4/c1-2-11-3-5-12(6-4-11)9-18-15(19)10-21-16(20)13-7-8-14(17)22-13/h3-8H,2,9-10H2,1H3,(H,18,19). The summed E-state index contributed by atoms with van der Waals surface area (Å²) in [6.07, 6.45) is 0.978. The predicted molar refractivity (Wildman–Crippen MR) is 84.4 cm³/mol. The lowest BCUT2D eigenvalue weighted by Crippen LogP contribution is -2.28. The van der Waals surface area contributed by atoms with Crippen LogP contribution in [0.4, 0.5) is 0 Å². The van der Waals surface area contributed by atoms with E-state index in [-0.39, 0.29) is 18.3 Å². The quantitative estimate of drug-likeness (QED) is 0.798. The second-order valence-corrected chi connectivity index (χ2v) is 5.41. The molecule has 0 saturated carbocycles. The Kier molecular flexibility index (Phi) is 5.77. The fourth-order valence-corrected chi connectivity index (χ4v) is 2.08. The van der Waals surface area contributed by atoms with Crippen molar-refractivity contribution in [2.75, 3.05) is 6.61 Å². The van der Waals surface area contributed by atoms with Gasteiger partial charge in [-0.25, -0.2) is 4.79 Å². The Hall–Kier alpha value is -2.08. The number of nitrogens with one attached hydrogen (secondary N) is 1. The molecule has 1 heterocycles. The Morgan fingerprint density at radius 3 is 2.41 bits per heavy atom. The van der Waals surface area contributed by atoms with E-state index in [1.807, 2.05) is 24.3 Å². The number of benzene rings is 1. The number of hydrogen-bond donors (Lipinski definition) is 1. The number of amides is 1. The van der Waals surface area contributed by atoms with E-state index >= 15 is 0 Å². The maximum Gasteiger partial charge on any atom is 0.374 e. The van der Waals surface area contributed by atoms with E-state index in [2.05, 4.69) is 28.2 Å². The third kappa shape index (κ3) is 4.73. The number of hydrogen-bond acceptors (Lipinski definition) is 4. The van der Waals surface area contributed by atoms with Gasteiger partial charge < -0.3 is 14.5 Å². The van der Waals surface area contributed by atoms with Crippen LogP contribution in [0.5, 0.6) is 0 Å². The fraction of sp³-hybridized carbons (Fsp3) is 0.250. The zero-order valence-corrected chi connectivity index (χ0v) is 13.7. The van der Waals surface area contributed by atoms with Crippen LogP contribution < -0.4 is 5.32 Å². The Morgan fingerprint density at radius 1 is 1.14 bits per heavy atom. The van der Waals surface area contributed by atoms with Crippen molar-refractivity contribution in [1.29, 1.82) is 0 Å². The largest absolute Gasteiger partial charge is 0.450 e. The van der Waals surface area contributed by atoms with Crippen molar-refractivity contribution >= 4 is 27.8 Å². The first-order valence-electron chi connectivity index (χ1n) is 6.85. The number of esters is 1. The van der Waals surface area contributed by atoms with Crippen LogP contribution in [0.15, 0.2) is 45.5 Å². The minimum atomic E-state index is -0.673. The lowest BCUT2D eigenvalue weighted by atomic mass is 10.1. The van der Waals surface area contributed by atoms with Crippen LogP contribution in [0.2, 0.25) is 0 Å². The second-order valence-electron chi connectivity index (χ2n) is 4.63. The first kappa shape index (κ1) is 16.3. The number of ether oxygens (including phenoxy) is 1. The molecular formula is C16H16BrNO4. The molecule has 0 aliphatic heterocycles. The molecule has 2 aromatic rings. The van der Waals surface area contributed by atoms with Crippen molar-refractivity contribution in [3.05, 3.63) is 58.0 Å². The summed E-state index contributed by atoms with van der Waals surface area (Å²) in [5.41, 5.74) is 2.24. The molecule has 0 unspecified atom stereocenters. The molecule has 0 bridgehead atoms. The van der Waals surface area contributed by atoms with Crippen LogP contribution >= 0.6 is 15.9 Å². The van der Waals surface area contributed by atoms with Gasteiger partial charge in [0.25, 0.3) is 5.91 Å². The van der Waals surface area contributed by atoms with Gasteiger partial charge in [0.2, 0.25) is 5.76 Å². The summed E-state index contributed by atoms with van der Waals surface area (Å²) in [4.78, 5) is 23.2. The first-order valence-corrected chi connectivity index (χ1v) is 7.64. The highest BCUT2D eigenvalue weighted by Crippen LogP contribution is 2.14. The summed E-state index contributed by atoms with van der Waals surface area (Å²) in [5, 5.41) is 2.69. The second kappa shape index (κ2) is 7.79. The van der Waals surface area contributed by atoms with Gasteiger partial charge >= 0.3 is 5.97 Å². The van der Waals surface area contributed by atoms with Crippen LogP contribution in [0.25, 0.3) is 0 Å². The number of halogens is 1. The van der Waals surface area contributed by atoms with E-state index in [0.717, 1.165) is 12.0 Å². The fourth-order valence-electron chi connectivity index (χ4n) is 1.77. The molecule has 0 fully saturated rings. The summed E-state index contributed by atoms with van der Waals surface area (Å²) in [7, 11) is 0. The summed E-state index contributed by atoms with van der Waals surface area (Å²) in [5.74, 6) is -0.985. The molecule has 0 aliphatic carbocycles. The third-order valence-corrected chi connectivity index (χ3v) is 3.46. The van der Waals surface area contributed by atoms with Crippen LogP contribution in [0, 0.1) is 0 Å². The predicted octanol–water partition coefficient (Wildman–Crippen LogP) is 3.08. The van der Waals surface area contributed by atoms with Gasteiger partial charge in [-0.05, 0) is 45.6 Å². The van der Waals surface area contributed by atoms with Crippen LogP contribution in [-0.2, 0) is 22.5 Å². The molecule has 1 amide bonds. The molecule has 2 rings (SSSR count). The Morgan fingerprint density at radius 2 is 1.82 bits per heavy atom. The van der Waals surface area contributed by atoms with Crippen LogP contribution in [-0.4, -0.2) is 18.5 Å². The Labute approximate surface area is 136 Å². The molecule has 0 aliphatic rings. The molecule has 116 valence electrons. The van der Waals surface area contributed by atoms with E-state index in [1.165, 1.54) is 11.6 Å². The Bertz CT molecular complexity index is 648. The number of rotatable bonds is 6. The van der Waals surface area contributed by atoms with Gasteiger partial charge in [0, 0.05) is 6.54 Å². The molecule has 0 saturated heterocycles. The van der Waals surface area contributed by atoms with Gasteiger partial charge in [0.15, 0.2) is 11.3 Å². The van der Waals surface area contributed by atoms with E-state index in [1.54, 1.807) is 6.07 Å². The zero-order chi connectivity index (χ0) is 15.9. The van der Waals surface area contributed by atoms with Crippen molar-refractivity contribution in [3.8, 4) is 0 Å². The minimum Gasteiger partial charge on any atom is -0.450 e. The van der Waals surface area contributed by atoms with E-state index in [0.29, 0.717) is 11.2 Å². The van der Waals surface area contributed by atoms with E-state index < -0.39 is 5.97 Å². The number of aryl methyl sites for hydroxylation is 1. The van der Waals surface area contributed by atoms with Crippen molar-refractivity contribution in [3.63, 3.8) is 0 Å². The first-order chi connectivity index (χ1) is 10.6.